The number of aryl methyl sites for hydroxylation is 1. The highest BCUT2D eigenvalue weighted by atomic mass is 35.5. The summed E-state index contributed by atoms with van der Waals surface area (Å²) in [7, 11) is 1.87. The van der Waals surface area contributed by atoms with Crippen LogP contribution in [0.1, 0.15) is 29.0 Å². The van der Waals surface area contributed by atoms with Crippen molar-refractivity contribution in [2.24, 2.45) is 18.0 Å². The maximum absolute atomic E-state index is 12.8. The standard InChI is InChI=1S/C29H23ClN6O/c1-36-17-21(16-31-36)23-15-24(23)29(37)33-26-13-20-12-22(30)14-25(28(20)35-34-26)32-27(18-8-4-2-5-9-18)19-10-6-3-7-11-19/h2-14,16-17,23-24H,15H2,1H3,(H,33,34,37). The Bertz CT molecular complexity index is 1590. The molecule has 182 valence electrons. The Hall–Kier alpha value is -4.36. The van der Waals surface area contributed by atoms with Gasteiger partial charge in [-0.2, -0.15) is 5.10 Å². The first-order valence-electron chi connectivity index (χ1n) is 12.0. The molecule has 6 rings (SSSR count). The lowest BCUT2D eigenvalue weighted by Crippen LogP contribution is -2.15. The van der Waals surface area contributed by atoms with Crippen LogP contribution in [-0.2, 0) is 11.8 Å². The van der Waals surface area contributed by atoms with Crippen LogP contribution in [0.5, 0.6) is 0 Å². The third-order valence-corrected chi connectivity index (χ3v) is 6.71. The fourth-order valence-electron chi connectivity index (χ4n) is 4.56. The van der Waals surface area contributed by atoms with Crippen molar-refractivity contribution in [1.82, 2.24) is 20.0 Å². The van der Waals surface area contributed by atoms with Gasteiger partial charge in [0, 0.05) is 40.7 Å². The molecule has 0 radical (unpaired) electrons. The highest BCUT2D eigenvalue weighted by molar-refractivity contribution is 6.32. The second-order valence-electron chi connectivity index (χ2n) is 9.17. The van der Waals surface area contributed by atoms with E-state index in [-0.39, 0.29) is 17.7 Å². The summed E-state index contributed by atoms with van der Waals surface area (Å²) >= 11 is 6.49. The molecule has 1 saturated carbocycles. The molecule has 1 aliphatic rings. The molecule has 1 aliphatic carbocycles. The molecular weight excluding hydrogens is 484 g/mol. The number of hydrogen-bond acceptors (Lipinski definition) is 5. The Morgan fingerprint density at radius 1 is 1.00 bits per heavy atom. The normalized spacial score (nSPS) is 16.4. The van der Waals surface area contributed by atoms with E-state index in [9.17, 15) is 4.79 Å². The number of rotatable bonds is 6. The van der Waals surface area contributed by atoms with Crippen LogP contribution in [0.25, 0.3) is 10.9 Å². The zero-order valence-electron chi connectivity index (χ0n) is 20.0. The monoisotopic (exact) mass is 506 g/mol. The molecule has 2 unspecified atom stereocenters. The van der Waals surface area contributed by atoms with Crippen molar-refractivity contribution >= 4 is 45.6 Å². The Balaban J connectivity index is 1.32. The maximum atomic E-state index is 12.8. The number of aromatic nitrogens is 4. The van der Waals surface area contributed by atoms with Crippen LogP contribution in [0.2, 0.25) is 5.02 Å². The molecule has 3 aromatic carbocycles. The smallest absolute Gasteiger partial charge is 0.229 e. The quantitative estimate of drug-likeness (QED) is 0.289. The van der Waals surface area contributed by atoms with Gasteiger partial charge in [-0.15, -0.1) is 10.2 Å². The predicted octanol–water partition coefficient (Wildman–Crippen LogP) is 5.93. The highest BCUT2D eigenvalue weighted by Crippen LogP contribution is 2.47. The van der Waals surface area contributed by atoms with Crippen LogP contribution >= 0.6 is 11.6 Å². The molecule has 1 fully saturated rings. The molecular formula is C29H23ClN6O. The lowest BCUT2D eigenvalue weighted by Gasteiger charge is -2.10. The second kappa shape index (κ2) is 9.59. The molecule has 2 heterocycles. The van der Waals surface area contributed by atoms with Crippen molar-refractivity contribution in [3.63, 3.8) is 0 Å². The zero-order chi connectivity index (χ0) is 25.4. The van der Waals surface area contributed by atoms with Crippen LogP contribution in [0.4, 0.5) is 11.5 Å². The van der Waals surface area contributed by atoms with Crippen molar-refractivity contribution in [3.8, 4) is 0 Å². The van der Waals surface area contributed by atoms with Crippen LogP contribution in [-0.4, -0.2) is 31.6 Å². The van der Waals surface area contributed by atoms with Crippen molar-refractivity contribution < 1.29 is 4.79 Å². The van der Waals surface area contributed by atoms with Crippen LogP contribution in [0, 0.1) is 5.92 Å². The van der Waals surface area contributed by atoms with E-state index in [1.54, 1.807) is 22.9 Å². The minimum absolute atomic E-state index is 0.0711. The minimum Gasteiger partial charge on any atom is -0.309 e. The first-order chi connectivity index (χ1) is 18.0. The Morgan fingerprint density at radius 2 is 1.70 bits per heavy atom. The molecule has 7 nitrogen and oxygen atoms in total. The molecule has 2 atom stereocenters. The molecule has 37 heavy (non-hydrogen) atoms. The predicted molar refractivity (Wildman–Crippen MR) is 145 cm³/mol. The van der Waals surface area contributed by atoms with E-state index in [2.05, 4.69) is 20.6 Å². The number of carbonyl (C=O) groups is 1. The van der Waals surface area contributed by atoms with Crippen molar-refractivity contribution in [2.45, 2.75) is 12.3 Å². The summed E-state index contributed by atoms with van der Waals surface area (Å²) in [5.41, 5.74) is 5.05. The van der Waals surface area contributed by atoms with E-state index in [0.29, 0.717) is 22.0 Å². The first-order valence-corrected chi connectivity index (χ1v) is 12.4. The van der Waals surface area contributed by atoms with Crippen molar-refractivity contribution in [3.05, 3.63) is 113 Å². The van der Waals surface area contributed by atoms with Gasteiger partial charge in [0.2, 0.25) is 5.91 Å². The Morgan fingerprint density at radius 3 is 2.35 bits per heavy atom. The molecule has 1 amide bonds. The summed E-state index contributed by atoms with van der Waals surface area (Å²) in [6, 6.07) is 25.4. The Kier molecular flexibility index (Phi) is 5.98. The van der Waals surface area contributed by atoms with E-state index in [4.69, 9.17) is 16.6 Å². The average molecular weight is 507 g/mol. The minimum atomic E-state index is -0.0967. The molecule has 8 heteroatoms. The Labute approximate surface area is 218 Å². The summed E-state index contributed by atoms with van der Waals surface area (Å²) in [6.45, 7) is 0. The van der Waals surface area contributed by atoms with Gasteiger partial charge in [0.15, 0.2) is 5.82 Å². The van der Waals surface area contributed by atoms with Crippen LogP contribution < -0.4 is 5.32 Å². The molecule has 0 spiro atoms. The summed E-state index contributed by atoms with van der Waals surface area (Å²) in [5.74, 6) is 0.406. The number of hydrogen-bond donors (Lipinski definition) is 1. The zero-order valence-corrected chi connectivity index (χ0v) is 20.8. The third kappa shape index (κ3) is 4.86. The van der Waals surface area contributed by atoms with E-state index in [0.717, 1.165) is 34.2 Å². The number of fused-ring (bicyclic) bond motifs is 1. The van der Waals surface area contributed by atoms with Gasteiger partial charge in [-0.3, -0.25) is 9.48 Å². The topological polar surface area (TPSA) is 85.1 Å². The number of halogens is 1. The second-order valence-corrected chi connectivity index (χ2v) is 9.61. The molecule has 0 aliphatic heterocycles. The van der Waals surface area contributed by atoms with Gasteiger partial charge in [-0.05, 0) is 36.1 Å². The number of anilines is 1. The maximum Gasteiger partial charge on any atom is 0.229 e. The fraction of sp³-hybridized carbons (Fsp3) is 0.138. The SMILES string of the molecule is Cn1cc(C2CC2C(=O)Nc2cc3cc(Cl)cc(N=C(c4ccccc4)c4ccccc4)c3nn2)cn1. The molecule has 0 saturated heterocycles. The van der Waals surface area contributed by atoms with Gasteiger partial charge in [-0.1, -0.05) is 72.3 Å². The van der Waals surface area contributed by atoms with Crippen molar-refractivity contribution in [2.75, 3.05) is 5.32 Å². The average Bonchev–Trinajstić information content (AvgIpc) is 3.61. The van der Waals surface area contributed by atoms with Gasteiger partial charge in [-0.25, -0.2) is 4.99 Å². The van der Waals surface area contributed by atoms with Crippen molar-refractivity contribution in [1.29, 1.82) is 0 Å². The van der Waals surface area contributed by atoms with Crippen LogP contribution in [0.3, 0.4) is 0 Å². The van der Waals surface area contributed by atoms with E-state index < -0.39 is 0 Å². The number of aliphatic imine (C=N–C) groups is 1. The fourth-order valence-corrected chi connectivity index (χ4v) is 4.78. The summed E-state index contributed by atoms with van der Waals surface area (Å²) in [6.07, 6.45) is 4.57. The van der Waals surface area contributed by atoms with E-state index in [1.807, 2.05) is 80.1 Å². The number of nitrogens with zero attached hydrogens (tertiary/aromatic N) is 5. The lowest BCUT2D eigenvalue weighted by atomic mass is 10.0. The van der Waals surface area contributed by atoms with Gasteiger partial charge >= 0.3 is 0 Å². The van der Waals surface area contributed by atoms with Gasteiger partial charge < -0.3 is 5.32 Å². The molecule has 2 aromatic heterocycles. The van der Waals surface area contributed by atoms with Crippen LogP contribution in [0.15, 0.2) is 96.2 Å². The third-order valence-electron chi connectivity index (χ3n) is 6.49. The number of benzene rings is 3. The summed E-state index contributed by atoms with van der Waals surface area (Å²) in [5, 5.41) is 17.1. The number of nitrogens with one attached hydrogen (secondary N) is 1. The number of amides is 1. The van der Waals surface area contributed by atoms with Gasteiger partial charge in [0.1, 0.15) is 5.52 Å². The largest absolute Gasteiger partial charge is 0.309 e. The first kappa shape index (κ1) is 23.1. The molecule has 1 N–H and O–H groups in total. The molecule has 0 bridgehead atoms. The highest BCUT2D eigenvalue weighted by Gasteiger charge is 2.44. The van der Waals surface area contributed by atoms with E-state index >= 15 is 0 Å². The van der Waals surface area contributed by atoms with E-state index in [1.165, 1.54) is 0 Å². The number of carbonyl (C=O) groups excluding carboxylic acids is 1. The molecule has 5 aromatic rings. The van der Waals surface area contributed by atoms with Gasteiger partial charge in [0.25, 0.3) is 0 Å². The van der Waals surface area contributed by atoms with Gasteiger partial charge in [0.05, 0.1) is 17.6 Å². The summed E-state index contributed by atoms with van der Waals surface area (Å²) in [4.78, 5) is 17.8. The lowest BCUT2D eigenvalue weighted by molar-refractivity contribution is -0.117. The summed E-state index contributed by atoms with van der Waals surface area (Å²) < 4.78 is 1.75.